The third-order valence-electron chi connectivity index (χ3n) is 6.92. The number of azo groups is 1. The number of carbonyl (C=O) groups excluding carboxylic acids is 1. The lowest BCUT2D eigenvalue weighted by Gasteiger charge is -2.43. The van der Waals surface area contributed by atoms with E-state index in [0.717, 1.165) is 12.8 Å². The van der Waals surface area contributed by atoms with E-state index in [1.54, 1.807) is 39.1 Å². The summed E-state index contributed by atoms with van der Waals surface area (Å²) in [6, 6.07) is 8.68. The number of amides is 1. The lowest BCUT2D eigenvalue weighted by molar-refractivity contribution is -0.137. The zero-order valence-corrected chi connectivity index (χ0v) is 21.1. The second kappa shape index (κ2) is 10.8. The quantitative estimate of drug-likeness (QED) is 0.493. The largest absolute Gasteiger partial charge is 0.338 e. The number of nitriles is 1. The van der Waals surface area contributed by atoms with Gasteiger partial charge in [0.2, 0.25) is 5.91 Å². The summed E-state index contributed by atoms with van der Waals surface area (Å²) in [5.41, 5.74) is -0.940. The number of halogens is 1. The SMILES string of the molecule is CC.CN=N/C(=C\C(C)C1CCC(C)(C(=O)NC(C)(C)C#N)C1(C)C)c1ccccc1F. The Morgan fingerprint density at radius 2 is 1.91 bits per heavy atom. The molecule has 0 bridgehead atoms. The summed E-state index contributed by atoms with van der Waals surface area (Å²) in [6.45, 7) is 15.7. The monoisotopic (exact) mass is 442 g/mol. The second-order valence-electron chi connectivity index (χ2n) is 9.58. The molecular weight excluding hydrogens is 403 g/mol. The van der Waals surface area contributed by atoms with E-state index in [4.69, 9.17) is 0 Å². The molecule has 1 fully saturated rings. The number of benzene rings is 1. The van der Waals surface area contributed by atoms with Gasteiger partial charge in [-0.3, -0.25) is 4.79 Å². The Kier molecular flexibility index (Phi) is 9.32. The first kappa shape index (κ1) is 27.5. The average Bonchev–Trinajstić information content (AvgIpc) is 2.99. The number of hydrogen-bond acceptors (Lipinski definition) is 4. The van der Waals surface area contributed by atoms with Crippen LogP contribution in [-0.4, -0.2) is 18.5 Å². The number of carbonyl (C=O) groups is 1. The normalized spacial score (nSPS) is 23.8. The molecule has 1 aliphatic carbocycles. The van der Waals surface area contributed by atoms with Crippen LogP contribution in [0.5, 0.6) is 0 Å². The van der Waals surface area contributed by atoms with Gasteiger partial charge in [-0.15, -0.1) is 0 Å². The highest BCUT2D eigenvalue weighted by molar-refractivity contribution is 5.84. The first-order chi connectivity index (χ1) is 14.9. The van der Waals surface area contributed by atoms with Crippen molar-refractivity contribution in [1.82, 2.24) is 5.32 Å². The van der Waals surface area contributed by atoms with Crippen molar-refractivity contribution >= 4 is 11.6 Å². The van der Waals surface area contributed by atoms with E-state index in [1.807, 2.05) is 26.8 Å². The Morgan fingerprint density at radius 3 is 2.44 bits per heavy atom. The van der Waals surface area contributed by atoms with Crippen molar-refractivity contribution in [2.24, 2.45) is 32.9 Å². The van der Waals surface area contributed by atoms with E-state index in [2.05, 4.69) is 42.4 Å². The number of rotatable bonds is 6. The number of hydrogen-bond donors (Lipinski definition) is 1. The van der Waals surface area contributed by atoms with E-state index in [-0.39, 0.29) is 29.0 Å². The van der Waals surface area contributed by atoms with E-state index < -0.39 is 11.0 Å². The molecule has 2 rings (SSSR count). The maximum atomic E-state index is 14.3. The van der Waals surface area contributed by atoms with Crippen LogP contribution >= 0.6 is 0 Å². The summed E-state index contributed by atoms with van der Waals surface area (Å²) >= 11 is 0. The predicted molar refractivity (Wildman–Crippen MR) is 128 cm³/mol. The lowest BCUT2D eigenvalue weighted by atomic mass is 9.62. The predicted octanol–water partition coefficient (Wildman–Crippen LogP) is 6.77. The minimum absolute atomic E-state index is 0.0544. The molecule has 3 unspecified atom stereocenters. The fourth-order valence-electron chi connectivity index (χ4n) is 4.63. The summed E-state index contributed by atoms with van der Waals surface area (Å²) in [5, 5.41) is 20.2. The Hall–Kier alpha value is -2.55. The van der Waals surface area contributed by atoms with Crippen molar-refractivity contribution in [2.45, 2.75) is 73.8 Å². The van der Waals surface area contributed by atoms with Crippen LogP contribution in [0.15, 0.2) is 40.6 Å². The molecule has 1 N–H and O–H groups in total. The molecular formula is C26H39FN4O. The van der Waals surface area contributed by atoms with Gasteiger partial charge in [-0.1, -0.05) is 59.8 Å². The van der Waals surface area contributed by atoms with E-state index in [9.17, 15) is 14.4 Å². The number of allylic oxidation sites excluding steroid dienone is 1. The fourth-order valence-corrected chi connectivity index (χ4v) is 4.63. The molecule has 0 saturated heterocycles. The van der Waals surface area contributed by atoms with Crippen LogP contribution in [0.3, 0.4) is 0 Å². The lowest BCUT2D eigenvalue weighted by Crippen LogP contribution is -2.53. The van der Waals surface area contributed by atoms with E-state index in [1.165, 1.54) is 6.07 Å². The van der Waals surface area contributed by atoms with E-state index in [0.29, 0.717) is 11.3 Å². The van der Waals surface area contributed by atoms with Crippen LogP contribution < -0.4 is 5.32 Å². The maximum Gasteiger partial charge on any atom is 0.227 e. The van der Waals surface area contributed by atoms with Gasteiger partial charge in [0.25, 0.3) is 0 Å². The first-order valence-corrected chi connectivity index (χ1v) is 11.4. The third-order valence-corrected chi connectivity index (χ3v) is 6.92. The Bertz CT molecular complexity index is 897. The summed E-state index contributed by atoms with van der Waals surface area (Å²) in [6.07, 6.45) is 3.54. The molecule has 176 valence electrons. The van der Waals surface area contributed by atoms with Crippen molar-refractivity contribution in [1.29, 1.82) is 5.26 Å². The molecule has 1 saturated carbocycles. The molecule has 0 radical (unpaired) electrons. The summed E-state index contributed by atoms with van der Waals surface area (Å²) in [5.74, 6) is -0.191. The molecule has 1 aromatic carbocycles. The molecule has 1 aliphatic rings. The van der Waals surface area contributed by atoms with Crippen LogP contribution in [-0.2, 0) is 4.79 Å². The smallest absolute Gasteiger partial charge is 0.227 e. The highest BCUT2D eigenvalue weighted by atomic mass is 19.1. The first-order valence-electron chi connectivity index (χ1n) is 11.4. The van der Waals surface area contributed by atoms with Gasteiger partial charge in [-0.25, -0.2) is 4.39 Å². The van der Waals surface area contributed by atoms with Gasteiger partial charge in [0.1, 0.15) is 11.4 Å². The van der Waals surface area contributed by atoms with Crippen LogP contribution in [0.1, 0.15) is 73.8 Å². The summed E-state index contributed by atoms with van der Waals surface area (Å²) in [7, 11) is 1.57. The highest BCUT2D eigenvalue weighted by Gasteiger charge is 2.57. The van der Waals surface area contributed by atoms with Gasteiger partial charge < -0.3 is 5.32 Å². The number of nitrogens with one attached hydrogen (secondary N) is 1. The second-order valence-corrected chi connectivity index (χ2v) is 9.58. The van der Waals surface area contributed by atoms with Gasteiger partial charge in [0, 0.05) is 12.6 Å². The van der Waals surface area contributed by atoms with Gasteiger partial charge >= 0.3 is 0 Å². The molecule has 0 spiro atoms. The molecule has 5 nitrogen and oxygen atoms in total. The Labute approximate surface area is 193 Å². The van der Waals surface area contributed by atoms with Crippen molar-refractivity contribution in [3.05, 3.63) is 41.7 Å². The minimum atomic E-state index is -0.917. The zero-order valence-electron chi connectivity index (χ0n) is 21.1. The van der Waals surface area contributed by atoms with Gasteiger partial charge in [0.05, 0.1) is 17.2 Å². The van der Waals surface area contributed by atoms with Crippen LogP contribution in [0.2, 0.25) is 0 Å². The van der Waals surface area contributed by atoms with Crippen molar-refractivity contribution < 1.29 is 9.18 Å². The zero-order chi connectivity index (χ0) is 24.7. The van der Waals surface area contributed by atoms with Crippen molar-refractivity contribution in [3.63, 3.8) is 0 Å². The van der Waals surface area contributed by atoms with Crippen LogP contribution in [0.25, 0.3) is 5.70 Å². The van der Waals surface area contributed by atoms with Gasteiger partial charge in [-0.05, 0) is 56.1 Å². The van der Waals surface area contributed by atoms with Crippen LogP contribution in [0.4, 0.5) is 4.39 Å². The Balaban J connectivity index is 0.00000249. The molecule has 3 atom stereocenters. The van der Waals surface area contributed by atoms with E-state index >= 15 is 0 Å². The third kappa shape index (κ3) is 5.62. The summed E-state index contributed by atoms with van der Waals surface area (Å²) < 4.78 is 14.3. The average molecular weight is 443 g/mol. The van der Waals surface area contributed by atoms with Crippen LogP contribution in [0, 0.1) is 39.8 Å². The standard InChI is InChI=1S/C24H33FN4O.C2H6/c1-16(14-20(29-27-7)17-10-8-9-11-19(17)25)18-12-13-24(6,23(18,4)5)21(30)28-22(2,3)15-26;1-2/h8-11,14,16,18H,12-13H2,1-7H3,(H,28,30);1-2H3/b20-14-,29-27?;. The Morgan fingerprint density at radius 1 is 1.31 bits per heavy atom. The van der Waals surface area contributed by atoms with Crippen molar-refractivity contribution in [2.75, 3.05) is 7.05 Å². The number of nitrogens with zero attached hydrogens (tertiary/aromatic N) is 3. The van der Waals surface area contributed by atoms with Crippen molar-refractivity contribution in [3.8, 4) is 6.07 Å². The van der Waals surface area contributed by atoms with Gasteiger partial charge in [0.15, 0.2) is 0 Å². The molecule has 0 heterocycles. The summed E-state index contributed by atoms with van der Waals surface area (Å²) in [4.78, 5) is 13.2. The molecule has 6 heteroatoms. The minimum Gasteiger partial charge on any atom is -0.338 e. The topological polar surface area (TPSA) is 77.6 Å². The molecule has 1 amide bonds. The molecule has 1 aromatic rings. The molecule has 0 aliphatic heterocycles. The molecule has 32 heavy (non-hydrogen) atoms. The highest BCUT2D eigenvalue weighted by Crippen LogP contribution is 2.58. The maximum absolute atomic E-state index is 14.3. The fraction of sp³-hybridized carbons (Fsp3) is 0.615. The van der Waals surface area contributed by atoms with Gasteiger partial charge in [-0.2, -0.15) is 15.5 Å². The molecule has 0 aromatic heterocycles.